The summed E-state index contributed by atoms with van der Waals surface area (Å²) in [6.07, 6.45) is 0. The summed E-state index contributed by atoms with van der Waals surface area (Å²) in [5.41, 5.74) is 9.10. The molecule has 1 amide bonds. The average Bonchev–Trinajstić information content (AvgIpc) is 2.44. The normalized spacial score (nSPS) is 10.4. The predicted octanol–water partition coefficient (Wildman–Crippen LogP) is 3.89. The minimum atomic E-state index is -0.0758. The third-order valence-electron chi connectivity index (χ3n) is 3.37. The zero-order valence-electron chi connectivity index (χ0n) is 12.3. The van der Waals surface area contributed by atoms with Crippen LogP contribution in [0.15, 0.2) is 42.5 Å². The van der Waals surface area contributed by atoms with Gasteiger partial charge in [0, 0.05) is 23.8 Å². The van der Waals surface area contributed by atoms with Gasteiger partial charge in [-0.2, -0.15) is 0 Å². The molecule has 0 aromatic heterocycles. The van der Waals surface area contributed by atoms with Crippen LogP contribution in [0.3, 0.4) is 0 Å². The summed E-state index contributed by atoms with van der Waals surface area (Å²) in [7, 11) is 0. The van der Waals surface area contributed by atoms with Gasteiger partial charge in [0.1, 0.15) is 0 Å². The topological polar surface area (TPSA) is 46.3 Å². The molecule has 0 saturated carbocycles. The Kier molecular flexibility index (Phi) is 4.86. The van der Waals surface area contributed by atoms with Crippen LogP contribution in [-0.4, -0.2) is 17.4 Å². The zero-order chi connectivity index (χ0) is 15.4. The van der Waals surface area contributed by atoms with Crippen molar-refractivity contribution in [2.45, 2.75) is 20.4 Å². The summed E-state index contributed by atoms with van der Waals surface area (Å²) in [4.78, 5) is 14.4. The molecule has 0 radical (unpaired) electrons. The Morgan fingerprint density at radius 2 is 2.00 bits per heavy atom. The molecule has 0 saturated heterocycles. The second-order valence-corrected chi connectivity index (χ2v) is 5.48. The van der Waals surface area contributed by atoms with Gasteiger partial charge in [-0.05, 0) is 37.6 Å². The van der Waals surface area contributed by atoms with Crippen molar-refractivity contribution in [3.05, 3.63) is 64.2 Å². The van der Waals surface area contributed by atoms with Crippen LogP contribution in [0.1, 0.15) is 28.4 Å². The number of nitrogen functional groups attached to an aromatic ring is 1. The van der Waals surface area contributed by atoms with Crippen LogP contribution in [0.4, 0.5) is 5.69 Å². The molecule has 2 N–H and O–H groups in total. The number of benzene rings is 2. The van der Waals surface area contributed by atoms with Crippen molar-refractivity contribution in [1.82, 2.24) is 4.90 Å². The van der Waals surface area contributed by atoms with E-state index in [9.17, 15) is 4.79 Å². The molecular formula is C17H19ClN2O. The van der Waals surface area contributed by atoms with Crippen molar-refractivity contribution in [3.63, 3.8) is 0 Å². The highest BCUT2D eigenvalue weighted by atomic mass is 35.5. The van der Waals surface area contributed by atoms with Crippen molar-refractivity contribution in [2.24, 2.45) is 0 Å². The quantitative estimate of drug-likeness (QED) is 0.871. The number of anilines is 1. The van der Waals surface area contributed by atoms with E-state index in [1.54, 1.807) is 23.1 Å². The molecule has 0 aliphatic rings. The third-order valence-corrected chi connectivity index (χ3v) is 3.60. The SMILES string of the molecule is CCN(Cc1cccc(C)c1)C(=O)c1ccc(Cl)cc1N. The van der Waals surface area contributed by atoms with Gasteiger partial charge in [0.15, 0.2) is 0 Å². The van der Waals surface area contributed by atoms with E-state index in [0.717, 1.165) is 5.56 Å². The van der Waals surface area contributed by atoms with Gasteiger partial charge in [-0.15, -0.1) is 0 Å². The molecule has 2 aromatic rings. The number of aryl methyl sites for hydroxylation is 1. The summed E-state index contributed by atoms with van der Waals surface area (Å²) < 4.78 is 0. The maximum atomic E-state index is 12.6. The fraction of sp³-hybridized carbons (Fsp3) is 0.235. The lowest BCUT2D eigenvalue weighted by atomic mass is 10.1. The highest BCUT2D eigenvalue weighted by molar-refractivity contribution is 6.31. The van der Waals surface area contributed by atoms with Crippen LogP contribution < -0.4 is 5.73 Å². The van der Waals surface area contributed by atoms with Crippen LogP contribution in [0.5, 0.6) is 0 Å². The summed E-state index contributed by atoms with van der Waals surface area (Å²) in [6, 6.07) is 13.1. The van der Waals surface area contributed by atoms with Gasteiger partial charge >= 0.3 is 0 Å². The molecular weight excluding hydrogens is 284 g/mol. The van der Waals surface area contributed by atoms with Gasteiger partial charge in [-0.1, -0.05) is 41.4 Å². The molecule has 0 bridgehead atoms. The molecule has 0 aliphatic carbocycles. The van der Waals surface area contributed by atoms with Crippen LogP contribution >= 0.6 is 11.6 Å². The first kappa shape index (κ1) is 15.4. The number of hydrogen-bond acceptors (Lipinski definition) is 2. The van der Waals surface area contributed by atoms with E-state index in [-0.39, 0.29) is 5.91 Å². The first-order valence-electron chi connectivity index (χ1n) is 6.91. The average molecular weight is 303 g/mol. The molecule has 110 valence electrons. The summed E-state index contributed by atoms with van der Waals surface area (Å²) >= 11 is 5.88. The minimum absolute atomic E-state index is 0.0758. The fourth-order valence-electron chi connectivity index (χ4n) is 2.26. The third kappa shape index (κ3) is 3.76. The van der Waals surface area contributed by atoms with Gasteiger partial charge in [-0.25, -0.2) is 0 Å². The molecule has 3 nitrogen and oxygen atoms in total. The van der Waals surface area contributed by atoms with E-state index in [2.05, 4.69) is 6.07 Å². The maximum absolute atomic E-state index is 12.6. The lowest BCUT2D eigenvalue weighted by Gasteiger charge is -2.22. The fourth-order valence-corrected chi connectivity index (χ4v) is 2.44. The van der Waals surface area contributed by atoms with E-state index in [1.165, 1.54) is 5.56 Å². The molecule has 4 heteroatoms. The van der Waals surface area contributed by atoms with E-state index in [1.807, 2.05) is 32.0 Å². The van der Waals surface area contributed by atoms with Crippen LogP contribution in [0.2, 0.25) is 5.02 Å². The van der Waals surface area contributed by atoms with Crippen LogP contribution in [-0.2, 0) is 6.54 Å². The van der Waals surface area contributed by atoms with Gasteiger partial charge in [-0.3, -0.25) is 4.79 Å². The Morgan fingerprint density at radius 1 is 1.24 bits per heavy atom. The number of halogens is 1. The maximum Gasteiger partial charge on any atom is 0.256 e. The summed E-state index contributed by atoms with van der Waals surface area (Å²) in [5, 5.41) is 0.533. The Labute approximate surface area is 130 Å². The van der Waals surface area contributed by atoms with Crippen molar-refractivity contribution in [1.29, 1.82) is 0 Å². The van der Waals surface area contributed by atoms with E-state index >= 15 is 0 Å². The Morgan fingerprint density at radius 3 is 2.62 bits per heavy atom. The number of hydrogen-bond donors (Lipinski definition) is 1. The molecule has 2 aromatic carbocycles. The molecule has 0 heterocycles. The second-order valence-electron chi connectivity index (χ2n) is 5.04. The molecule has 0 fully saturated rings. The largest absolute Gasteiger partial charge is 0.398 e. The number of amides is 1. The van der Waals surface area contributed by atoms with E-state index in [0.29, 0.717) is 29.4 Å². The van der Waals surface area contributed by atoms with Crippen molar-refractivity contribution in [2.75, 3.05) is 12.3 Å². The van der Waals surface area contributed by atoms with Crippen molar-refractivity contribution >= 4 is 23.2 Å². The predicted molar refractivity (Wildman–Crippen MR) is 87.5 cm³/mol. The number of nitrogens with zero attached hydrogens (tertiary/aromatic N) is 1. The zero-order valence-corrected chi connectivity index (χ0v) is 13.0. The second kappa shape index (κ2) is 6.64. The number of carbonyl (C=O) groups excluding carboxylic acids is 1. The number of carbonyl (C=O) groups is 1. The molecule has 0 spiro atoms. The molecule has 0 unspecified atom stereocenters. The van der Waals surface area contributed by atoms with E-state index < -0.39 is 0 Å². The number of nitrogens with two attached hydrogens (primary N) is 1. The van der Waals surface area contributed by atoms with Gasteiger partial charge < -0.3 is 10.6 Å². The smallest absolute Gasteiger partial charge is 0.256 e. The first-order valence-corrected chi connectivity index (χ1v) is 7.29. The lowest BCUT2D eigenvalue weighted by molar-refractivity contribution is 0.0753. The minimum Gasteiger partial charge on any atom is -0.398 e. The lowest BCUT2D eigenvalue weighted by Crippen LogP contribution is -2.30. The molecule has 0 aliphatic heterocycles. The Balaban J connectivity index is 2.22. The van der Waals surface area contributed by atoms with Crippen LogP contribution in [0.25, 0.3) is 0 Å². The van der Waals surface area contributed by atoms with E-state index in [4.69, 9.17) is 17.3 Å². The Hall–Kier alpha value is -2.00. The first-order chi connectivity index (χ1) is 10.0. The summed E-state index contributed by atoms with van der Waals surface area (Å²) in [6.45, 7) is 5.19. The highest BCUT2D eigenvalue weighted by Crippen LogP contribution is 2.20. The van der Waals surface area contributed by atoms with Crippen molar-refractivity contribution in [3.8, 4) is 0 Å². The molecule has 0 atom stereocenters. The number of rotatable bonds is 4. The van der Waals surface area contributed by atoms with Crippen molar-refractivity contribution < 1.29 is 4.79 Å². The van der Waals surface area contributed by atoms with Crippen LogP contribution in [0, 0.1) is 6.92 Å². The Bertz CT molecular complexity index is 655. The van der Waals surface area contributed by atoms with Gasteiger partial charge in [0.2, 0.25) is 0 Å². The highest BCUT2D eigenvalue weighted by Gasteiger charge is 2.17. The molecule has 2 rings (SSSR count). The van der Waals surface area contributed by atoms with Gasteiger partial charge in [0.25, 0.3) is 5.91 Å². The summed E-state index contributed by atoms with van der Waals surface area (Å²) in [5.74, 6) is -0.0758. The standard InChI is InChI=1S/C17H19ClN2O/c1-3-20(11-13-6-4-5-12(2)9-13)17(21)15-8-7-14(18)10-16(15)19/h4-10H,3,11,19H2,1-2H3. The molecule has 21 heavy (non-hydrogen) atoms. The monoisotopic (exact) mass is 302 g/mol. The van der Waals surface area contributed by atoms with Gasteiger partial charge in [0.05, 0.1) is 5.56 Å².